The number of hydrogen-bond acceptors (Lipinski definition) is 3. The van der Waals surface area contributed by atoms with Gasteiger partial charge in [0.2, 0.25) is 0 Å². The molecule has 0 radical (unpaired) electrons. The number of aromatic nitrogens is 1. The first-order valence-electron chi connectivity index (χ1n) is 8.13. The summed E-state index contributed by atoms with van der Waals surface area (Å²) in [5.41, 5.74) is 3.06. The normalized spacial score (nSPS) is 10.6. The summed E-state index contributed by atoms with van der Waals surface area (Å²) in [5.74, 6) is 1.48. The average Bonchev–Trinajstić information content (AvgIpc) is 3.05. The van der Waals surface area contributed by atoms with Crippen molar-refractivity contribution >= 4 is 45.5 Å². The van der Waals surface area contributed by atoms with Gasteiger partial charge in [-0.15, -0.1) is 0 Å². The van der Waals surface area contributed by atoms with Gasteiger partial charge in [-0.25, -0.2) is 0 Å². The second-order valence-electron chi connectivity index (χ2n) is 5.70. The fourth-order valence-corrected chi connectivity index (χ4v) is 3.12. The number of rotatable bonds is 6. The van der Waals surface area contributed by atoms with Crippen LogP contribution in [0.1, 0.15) is 5.56 Å². The highest BCUT2D eigenvalue weighted by molar-refractivity contribution is 7.80. The third-order valence-electron chi connectivity index (χ3n) is 4.07. The van der Waals surface area contributed by atoms with Gasteiger partial charge in [-0.05, 0) is 48.5 Å². The molecule has 3 aromatic rings. The van der Waals surface area contributed by atoms with E-state index < -0.39 is 0 Å². The molecule has 0 aliphatic rings. The minimum absolute atomic E-state index is 0.534. The lowest BCUT2D eigenvalue weighted by Crippen LogP contribution is -2.30. The maximum Gasteiger partial charge on any atom is 0.170 e. The molecule has 0 saturated carbocycles. The van der Waals surface area contributed by atoms with Gasteiger partial charge in [0.05, 0.1) is 19.9 Å². The number of hydrogen-bond donors (Lipinski definition) is 3. The third-order valence-corrected chi connectivity index (χ3v) is 4.55. The maximum atomic E-state index is 5.97. The summed E-state index contributed by atoms with van der Waals surface area (Å²) in [6.07, 6.45) is 2.86. The van der Waals surface area contributed by atoms with Crippen LogP contribution in [0.15, 0.2) is 42.6 Å². The lowest BCUT2D eigenvalue weighted by Gasteiger charge is -2.13. The predicted octanol–water partition coefficient (Wildman–Crippen LogP) is 4.37. The van der Waals surface area contributed by atoms with Crippen LogP contribution < -0.4 is 20.1 Å². The van der Waals surface area contributed by atoms with Crippen LogP contribution in [0, 0.1) is 0 Å². The number of thiocarbonyl (C=S) groups is 1. The molecule has 1 aromatic heterocycles. The van der Waals surface area contributed by atoms with Crippen molar-refractivity contribution in [3.8, 4) is 11.5 Å². The molecule has 2 aromatic carbocycles. The van der Waals surface area contributed by atoms with Crippen molar-refractivity contribution < 1.29 is 9.47 Å². The lowest BCUT2D eigenvalue weighted by molar-refractivity contribution is 0.415. The average molecular weight is 390 g/mol. The molecular formula is C19H20ClN3O2S. The van der Waals surface area contributed by atoms with Crippen molar-refractivity contribution in [2.75, 3.05) is 26.1 Å². The highest BCUT2D eigenvalue weighted by atomic mass is 35.5. The van der Waals surface area contributed by atoms with Crippen LogP contribution in [-0.4, -0.2) is 30.9 Å². The zero-order valence-electron chi connectivity index (χ0n) is 14.6. The molecule has 1 heterocycles. The molecule has 0 unspecified atom stereocenters. The Labute approximate surface area is 162 Å². The Kier molecular flexibility index (Phi) is 5.85. The summed E-state index contributed by atoms with van der Waals surface area (Å²) in [7, 11) is 3.26. The summed E-state index contributed by atoms with van der Waals surface area (Å²) < 4.78 is 10.6. The summed E-state index contributed by atoms with van der Waals surface area (Å²) in [6.45, 7) is 0.709. The van der Waals surface area contributed by atoms with E-state index in [1.807, 2.05) is 24.4 Å². The maximum absolute atomic E-state index is 5.97. The summed E-state index contributed by atoms with van der Waals surface area (Å²) in [6, 6.07) is 11.4. The predicted molar refractivity (Wildman–Crippen MR) is 111 cm³/mol. The smallest absolute Gasteiger partial charge is 0.170 e. The molecule has 0 bridgehead atoms. The molecule has 0 fully saturated rings. The number of methoxy groups -OCH3 is 2. The zero-order chi connectivity index (χ0) is 18.5. The van der Waals surface area contributed by atoms with Crippen molar-refractivity contribution in [2.24, 2.45) is 0 Å². The monoisotopic (exact) mass is 389 g/mol. The summed E-state index contributed by atoms with van der Waals surface area (Å²) >= 11 is 11.3. The van der Waals surface area contributed by atoms with E-state index in [1.54, 1.807) is 26.4 Å². The van der Waals surface area contributed by atoms with Gasteiger partial charge >= 0.3 is 0 Å². The van der Waals surface area contributed by atoms with E-state index in [2.05, 4.69) is 21.7 Å². The number of ether oxygens (including phenoxy) is 2. The fourth-order valence-electron chi connectivity index (χ4n) is 2.74. The number of nitrogens with one attached hydrogen (secondary N) is 3. The van der Waals surface area contributed by atoms with E-state index in [9.17, 15) is 0 Å². The largest absolute Gasteiger partial charge is 0.497 e. The van der Waals surface area contributed by atoms with Gasteiger partial charge in [0.25, 0.3) is 0 Å². The molecule has 5 nitrogen and oxygen atoms in total. The van der Waals surface area contributed by atoms with Crippen molar-refractivity contribution in [1.82, 2.24) is 10.3 Å². The second-order valence-corrected chi connectivity index (χ2v) is 6.55. The highest BCUT2D eigenvalue weighted by Crippen LogP contribution is 2.27. The van der Waals surface area contributed by atoms with Gasteiger partial charge in [-0.2, -0.15) is 0 Å². The molecule has 3 rings (SSSR count). The lowest BCUT2D eigenvalue weighted by atomic mass is 10.1. The molecular weight excluding hydrogens is 370 g/mol. The molecule has 136 valence electrons. The third kappa shape index (κ3) is 4.20. The van der Waals surface area contributed by atoms with Gasteiger partial charge in [0.1, 0.15) is 11.5 Å². The molecule has 0 atom stereocenters. The molecule has 0 aliphatic heterocycles. The number of halogens is 1. The van der Waals surface area contributed by atoms with Crippen LogP contribution >= 0.6 is 23.8 Å². The van der Waals surface area contributed by atoms with Crippen molar-refractivity contribution in [2.45, 2.75) is 6.42 Å². The van der Waals surface area contributed by atoms with E-state index >= 15 is 0 Å². The molecule has 0 amide bonds. The number of fused-ring (bicyclic) bond motifs is 1. The molecule has 0 spiro atoms. The number of aromatic amines is 1. The van der Waals surface area contributed by atoms with Gasteiger partial charge in [0, 0.05) is 40.8 Å². The van der Waals surface area contributed by atoms with Gasteiger partial charge < -0.3 is 25.1 Å². The molecule has 7 heteroatoms. The SMILES string of the molecule is COc1ccc2c(CCNC(=S)Nc3ccc(Cl)cc3OC)c[nH]c2c1. The Morgan fingerprint density at radius 2 is 2.00 bits per heavy atom. The minimum Gasteiger partial charge on any atom is -0.497 e. The van der Waals surface area contributed by atoms with Gasteiger partial charge in [-0.1, -0.05) is 11.6 Å². The topological polar surface area (TPSA) is 58.3 Å². The second kappa shape index (κ2) is 8.29. The Hall–Kier alpha value is -2.44. The molecule has 3 N–H and O–H groups in total. The molecule has 0 saturated heterocycles. The van der Waals surface area contributed by atoms with E-state index in [4.69, 9.17) is 33.3 Å². The van der Waals surface area contributed by atoms with Crippen LogP contribution in [-0.2, 0) is 6.42 Å². The number of benzene rings is 2. The van der Waals surface area contributed by atoms with Crippen LogP contribution in [0.4, 0.5) is 5.69 Å². The van der Waals surface area contributed by atoms with Gasteiger partial charge in [0.15, 0.2) is 5.11 Å². The Morgan fingerprint density at radius 3 is 2.77 bits per heavy atom. The fraction of sp³-hybridized carbons (Fsp3) is 0.211. The number of H-pyrrole nitrogens is 1. The standard InChI is InChI=1S/C19H20ClN3O2S/c1-24-14-4-5-15-12(11-22-17(15)10-14)7-8-21-19(26)23-16-6-3-13(20)9-18(16)25-2/h3-6,9-11,22H,7-8H2,1-2H3,(H2,21,23,26). The van der Waals surface area contributed by atoms with E-state index in [1.165, 1.54) is 10.9 Å². The van der Waals surface area contributed by atoms with Crippen LogP contribution in [0.5, 0.6) is 11.5 Å². The molecule has 0 aliphatic carbocycles. The minimum atomic E-state index is 0.534. The highest BCUT2D eigenvalue weighted by Gasteiger charge is 2.07. The van der Waals surface area contributed by atoms with Crippen LogP contribution in [0.25, 0.3) is 10.9 Å². The quantitative estimate of drug-likeness (QED) is 0.546. The zero-order valence-corrected chi connectivity index (χ0v) is 16.1. The Bertz CT molecular complexity index is 926. The number of anilines is 1. The van der Waals surface area contributed by atoms with E-state index in [0.29, 0.717) is 22.4 Å². The molecule has 26 heavy (non-hydrogen) atoms. The summed E-state index contributed by atoms with van der Waals surface area (Å²) in [4.78, 5) is 3.28. The Balaban J connectivity index is 1.57. The van der Waals surface area contributed by atoms with Crippen molar-refractivity contribution in [3.63, 3.8) is 0 Å². The van der Waals surface area contributed by atoms with Crippen molar-refractivity contribution in [3.05, 3.63) is 53.2 Å². The summed E-state index contributed by atoms with van der Waals surface area (Å²) in [5, 5.41) is 8.68. The van der Waals surface area contributed by atoms with Crippen LogP contribution in [0.2, 0.25) is 5.02 Å². The first-order valence-corrected chi connectivity index (χ1v) is 8.91. The van der Waals surface area contributed by atoms with E-state index in [0.717, 1.165) is 23.4 Å². The van der Waals surface area contributed by atoms with Crippen LogP contribution in [0.3, 0.4) is 0 Å². The Morgan fingerprint density at radius 1 is 1.15 bits per heavy atom. The van der Waals surface area contributed by atoms with E-state index in [-0.39, 0.29) is 0 Å². The van der Waals surface area contributed by atoms with Crippen molar-refractivity contribution in [1.29, 1.82) is 0 Å². The van der Waals surface area contributed by atoms with Gasteiger partial charge in [-0.3, -0.25) is 0 Å². The first-order chi connectivity index (χ1) is 12.6. The first kappa shape index (κ1) is 18.4.